The normalized spacial score (nSPS) is 14.2. The number of aromatic nitrogens is 1. The van der Waals surface area contributed by atoms with Crippen LogP contribution in [0.25, 0.3) is 10.9 Å². The van der Waals surface area contributed by atoms with Gasteiger partial charge in [0.1, 0.15) is 11.6 Å². The number of fused-ring (bicyclic) bond motifs is 1. The van der Waals surface area contributed by atoms with Crippen molar-refractivity contribution in [1.82, 2.24) is 14.8 Å². The number of benzene rings is 1. The van der Waals surface area contributed by atoms with Gasteiger partial charge in [0.05, 0.1) is 31.4 Å². The topological polar surface area (TPSA) is 158 Å². The molecule has 2 heterocycles. The van der Waals surface area contributed by atoms with Gasteiger partial charge in [-0.05, 0) is 43.0 Å². The standard InChI is InChI=1S/C35H45N3O9/c1-23(2)30(35(45)36-24(3)32(42)21-26-7-8-31-27(20-26)11-14-37(31)25(4)39)22-29(41)13-17-47-19-18-46-16-5-6-28(40)12-15-38-33(43)9-10-34(38)44/h7-11,14,20,23-24,30H,5-6,12-13,15-19,21-22H2,1-4H3,(H,36,45)/t24-,30-/m0/s1. The van der Waals surface area contributed by atoms with Crippen molar-refractivity contribution in [1.29, 1.82) is 0 Å². The van der Waals surface area contributed by atoms with Gasteiger partial charge in [0, 0.05) is 81.8 Å². The second-order valence-corrected chi connectivity index (χ2v) is 12.1. The Morgan fingerprint density at radius 2 is 1.51 bits per heavy atom. The number of amides is 3. The number of nitrogens with one attached hydrogen (secondary N) is 1. The van der Waals surface area contributed by atoms with Crippen LogP contribution in [0.2, 0.25) is 0 Å². The number of imide groups is 1. The zero-order chi connectivity index (χ0) is 34.5. The Hall–Kier alpha value is -4.29. The van der Waals surface area contributed by atoms with E-state index in [2.05, 4.69) is 5.32 Å². The highest BCUT2D eigenvalue weighted by molar-refractivity contribution is 6.13. The van der Waals surface area contributed by atoms with Crippen LogP contribution in [0.4, 0.5) is 0 Å². The summed E-state index contributed by atoms with van der Waals surface area (Å²) in [5, 5.41) is 3.64. The average Bonchev–Trinajstić information content (AvgIpc) is 3.59. The molecule has 0 spiro atoms. The summed E-state index contributed by atoms with van der Waals surface area (Å²) in [4.78, 5) is 86.4. The molecule has 1 aliphatic heterocycles. The maximum Gasteiger partial charge on any atom is 0.253 e. The molecule has 0 unspecified atom stereocenters. The van der Waals surface area contributed by atoms with Gasteiger partial charge in [-0.15, -0.1) is 0 Å². The van der Waals surface area contributed by atoms with Crippen molar-refractivity contribution in [2.24, 2.45) is 11.8 Å². The molecule has 0 saturated carbocycles. The number of ether oxygens (including phenoxy) is 2. The van der Waals surface area contributed by atoms with Crippen molar-refractivity contribution < 1.29 is 43.0 Å². The highest BCUT2D eigenvalue weighted by atomic mass is 16.5. The third kappa shape index (κ3) is 11.5. The van der Waals surface area contributed by atoms with Gasteiger partial charge in [-0.1, -0.05) is 19.9 Å². The van der Waals surface area contributed by atoms with Crippen molar-refractivity contribution in [2.45, 2.75) is 72.3 Å². The molecule has 0 radical (unpaired) electrons. The van der Waals surface area contributed by atoms with E-state index in [0.717, 1.165) is 21.4 Å². The van der Waals surface area contributed by atoms with E-state index in [1.807, 2.05) is 26.0 Å². The summed E-state index contributed by atoms with van der Waals surface area (Å²) in [6.07, 6.45) is 5.29. The van der Waals surface area contributed by atoms with E-state index in [4.69, 9.17) is 9.47 Å². The summed E-state index contributed by atoms with van der Waals surface area (Å²) >= 11 is 0. The van der Waals surface area contributed by atoms with Crippen LogP contribution in [0.5, 0.6) is 0 Å². The molecule has 1 aliphatic rings. The molecule has 12 heteroatoms. The summed E-state index contributed by atoms with van der Waals surface area (Å²) in [6, 6.07) is 6.55. The van der Waals surface area contributed by atoms with Crippen LogP contribution >= 0.6 is 0 Å². The van der Waals surface area contributed by atoms with Crippen LogP contribution in [0, 0.1) is 11.8 Å². The van der Waals surface area contributed by atoms with Crippen LogP contribution in [0.1, 0.15) is 70.2 Å². The molecule has 0 fully saturated rings. The monoisotopic (exact) mass is 651 g/mol. The predicted octanol–water partition coefficient (Wildman–Crippen LogP) is 3.24. The average molecular weight is 652 g/mol. The maximum atomic E-state index is 13.0. The summed E-state index contributed by atoms with van der Waals surface area (Å²) in [5.41, 5.74) is 1.55. The molecule has 2 atom stereocenters. The van der Waals surface area contributed by atoms with Gasteiger partial charge < -0.3 is 14.8 Å². The molecule has 0 aliphatic carbocycles. The van der Waals surface area contributed by atoms with Crippen molar-refractivity contribution in [3.63, 3.8) is 0 Å². The second kappa shape index (κ2) is 18.2. The quantitative estimate of drug-likeness (QED) is 0.158. The van der Waals surface area contributed by atoms with Gasteiger partial charge in [0.15, 0.2) is 5.78 Å². The number of Topliss-reactive ketones (excluding diaryl/α,β-unsaturated/α-hetero) is 3. The number of hydrogen-bond donors (Lipinski definition) is 1. The first kappa shape index (κ1) is 37.2. The molecule has 3 amide bonds. The van der Waals surface area contributed by atoms with Crippen molar-refractivity contribution in [2.75, 3.05) is 33.0 Å². The van der Waals surface area contributed by atoms with Crippen molar-refractivity contribution >= 4 is 51.9 Å². The molecule has 0 bridgehead atoms. The largest absolute Gasteiger partial charge is 0.379 e. The van der Waals surface area contributed by atoms with Crippen LogP contribution in [-0.4, -0.2) is 89.5 Å². The summed E-state index contributed by atoms with van der Waals surface area (Å²) in [7, 11) is 0. The Morgan fingerprint density at radius 3 is 2.17 bits per heavy atom. The number of nitrogens with zero attached hydrogens (tertiary/aromatic N) is 2. The van der Waals surface area contributed by atoms with E-state index in [9.17, 15) is 33.6 Å². The molecule has 12 nitrogen and oxygen atoms in total. The molecule has 2 aromatic rings. The van der Waals surface area contributed by atoms with Crippen LogP contribution in [-0.2, 0) is 44.7 Å². The number of carbonyl (C=O) groups is 7. The SMILES string of the molecule is CC(=O)n1ccc2cc(CC(=O)[C@H](C)NC(=O)[C@@H](CC(=O)CCOCCOCCCC(=O)CCN3C(=O)C=CC3=O)C(C)C)ccc21. The molecule has 47 heavy (non-hydrogen) atoms. The first-order valence-electron chi connectivity index (χ1n) is 16.0. The van der Waals surface area contributed by atoms with E-state index in [1.54, 1.807) is 29.8 Å². The Labute approximate surface area is 274 Å². The first-order chi connectivity index (χ1) is 22.4. The van der Waals surface area contributed by atoms with Crippen LogP contribution < -0.4 is 5.32 Å². The molecule has 3 rings (SSSR count). The van der Waals surface area contributed by atoms with Gasteiger partial charge in [0.2, 0.25) is 11.8 Å². The third-order valence-electron chi connectivity index (χ3n) is 8.06. The second-order valence-electron chi connectivity index (χ2n) is 12.1. The van der Waals surface area contributed by atoms with Gasteiger partial charge in [0.25, 0.3) is 11.8 Å². The summed E-state index contributed by atoms with van der Waals surface area (Å²) in [6.45, 7) is 8.04. The fourth-order valence-electron chi connectivity index (χ4n) is 5.20. The highest BCUT2D eigenvalue weighted by Crippen LogP contribution is 2.20. The minimum atomic E-state index is -0.735. The van der Waals surface area contributed by atoms with Crippen LogP contribution in [0.3, 0.4) is 0 Å². The Bertz CT molecular complexity index is 1490. The molecular weight excluding hydrogens is 606 g/mol. The predicted molar refractivity (Wildman–Crippen MR) is 173 cm³/mol. The van der Waals surface area contributed by atoms with E-state index in [-0.39, 0.29) is 86.9 Å². The van der Waals surface area contributed by atoms with Gasteiger partial charge >= 0.3 is 0 Å². The Kier molecular flexibility index (Phi) is 14.4. The van der Waals surface area contributed by atoms with Crippen molar-refractivity contribution in [3.8, 4) is 0 Å². The minimum Gasteiger partial charge on any atom is -0.379 e. The lowest BCUT2D eigenvalue weighted by Gasteiger charge is -2.22. The first-order valence-corrected chi connectivity index (χ1v) is 16.0. The molecule has 1 aromatic heterocycles. The fraction of sp³-hybridized carbons (Fsp3) is 0.514. The number of hydrogen-bond acceptors (Lipinski definition) is 9. The summed E-state index contributed by atoms with van der Waals surface area (Å²) in [5.74, 6) is -2.27. The van der Waals surface area contributed by atoms with Gasteiger partial charge in [-0.25, -0.2) is 0 Å². The third-order valence-corrected chi connectivity index (χ3v) is 8.06. The van der Waals surface area contributed by atoms with Gasteiger partial charge in [-0.3, -0.25) is 43.0 Å². The van der Waals surface area contributed by atoms with Crippen LogP contribution in [0.15, 0.2) is 42.6 Å². The lowest BCUT2D eigenvalue weighted by atomic mass is 9.88. The zero-order valence-corrected chi connectivity index (χ0v) is 27.6. The molecular formula is C35H45N3O9. The van der Waals surface area contributed by atoms with E-state index >= 15 is 0 Å². The van der Waals surface area contributed by atoms with E-state index in [1.165, 1.54) is 19.1 Å². The fourth-order valence-corrected chi connectivity index (χ4v) is 5.20. The number of rotatable bonds is 21. The smallest absolute Gasteiger partial charge is 0.253 e. The van der Waals surface area contributed by atoms with Gasteiger partial charge in [-0.2, -0.15) is 0 Å². The number of carbonyl (C=O) groups excluding carboxylic acids is 7. The lowest BCUT2D eigenvalue weighted by Crippen LogP contribution is -2.44. The van der Waals surface area contributed by atoms with E-state index in [0.29, 0.717) is 19.6 Å². The Balaban J connectivity index is 1.28. The molecule has 1 N–H and O–H groups in total. The summed E-state index contributed by atoms with van der Waals surface area (Å²) < 4.78 is 12.5. The Morgan fingerprint density at radius 1 is 0.830 bits per heavy atom. The molecule has 1 aromatic carbocycles. The highest BCUT2D eigenvalue weighted by Gasteiger charge is 2.28. The zero-order valence-electron chi connectivity index (χ0n) is 27.6. The van der Waals surface area contributed by atoms with Crippen molar-refractivity contribution in [3.05, 3.63) is 48.2 Å². The van der Waals surface area contributed by atoms with E-state index < -0.39 is 23.8 Å². The lowest BCUT2D eigenvalue weighted by molar-refractivity contribution is -0.137. The number of ketones is 3. The molecule has 254 valence electrons. The molecule has 0 saturated heterocycles. The maximum absolute atomic E-state index is 13.0. The minimum absolute atomic E-state index is 0.0404.